The van der Waals surface area contributed by atoms with Gasteiger partial charge in [-0.3, -0.25) is 0 Å². The molecule has 1 atom stereocenters. The maximum absolute atomic E-state index is 14.9. The van der Waals surface area contributed by atoms with Crippen LogP contribution in [0.3, 0.4) is 0 Å². The van der Waals surface area contributed by atoms with Crippen LogP contribution in [-0.2, 0) is 10.8 Å². The van der Waals surface area contributed by atoms with Crippen molar-refractivity contribution in [1.29, 1.82) is 0 Å². The highest BCUT2D eigenvalue weighted by Gasteiger charge is 2.40. The molecule has 2 aromatic carbocycles. The normalized spacial score (nSPS) is 26.9. The Kier molecular flexibility index (Phi) is 7.71. The summed E-state index contributed by atoms with van der Waals surface area (Å²) in [6.45, 7) is 5.92. The molecule has 1 unspecified atom stereocenters. The predicted octanol–water partition coefficient (Wildman–Crippen LogP) is 9.38. The Hall–Kier alpha value is -1.88. The minimum absolute atomic E-state index is 0.126. The monoisotopic (exact) mass is 476 g/mol. The summed E-state index contributed by atoms with van der Waals surface area (Å²) in [4.78, 5) is 0. The molecule has 0 aromatic heterocycles. The van der Waals surface area contributed by atoms with Gasteiger partial charge in [-0.15, -0.1) is 0 Å². The fourth-order valence-corrected chi connectivity index (χ4v) is 5.66. The fourth-order valence-electron chi connectivity index (χ4n) is 5.66. The van der Waals surface area contributed by atoms with Crippen molar-refractivity contribution in [2.24, 2.45) is 11.8 Å². The molecule has 0 bridgehead atoms. The number of alkyl halides is 2. The molecule has 0 radical (unpaired) electrons. The minimum Gasteiger partial charge on any atom is -0.309 e. The molecule has 2 fully saturated rings. The molecule has 0 saturated heterocycles. The topological polar surface area (TPSA) is 9.23 Å². The molecule has 0 aliphatic heterocycles. The van der Waals surface area contributed by atoms with Gasteiger partial charge in [-0.25, -0.2) is 8.78 Å². The van der Waals surface area contributed by atoms with Crippen LogP contribution in [0.15, 0.2) is 36.4 Å². The van der Waals surface area contributed by atoms with Crippen molar-refractivity contribution in [1.82, 2.24) is 0 Å². The lowest BCUT2D eigenvalue weighted by Crippen LogP contribution is -2.23. The maximum Gasteiger partial charge on any atom is 0.386 e. The lowest BCUT2D eigenvalue weighted by atomic mass is 9.79. The van der Waals surface area contributed by atoms with Crippen molar-refractivity contribution >= 4 is 0 Å². The number of hydrogen-bond donors (Lipinski definition) is 0. The van der Waals surface area contributed by atoms with E-state index in [1.165, 1.54) is 31.4 Å². The van der Waals surface area contributed by atoms with E-state index in [0.29, 0.717) is 17.4 Å². The first-order chi connectivity index (χ1) is 16.2. The summed E-state index contributed by atoms with van der Waals surface area (Å²) in [5.41, 5.74) is 0.958. The Labute approximate surface area is 200 Å². The summed E-state index contributed by atoms with van der Waals surface area (Å²) < 4.78 is 64.5. The third-order valence-corrected chi connectivity index (χ3v) is 8.10. The molecule has 5 heteroatoms. The Morgan fingerprint density at radius 2 is 1.26 bits per heavy atom. The summed E-state index contributed by atoms with van der Waals surface area (Å²) in [6, 6.07) is 9.88. The molecule has 2 saturated carbocycles. The van der Waals surface area contributed by atoms with Crippen molar-refractivity contribution in [2.45, 2.75) is 96.2 Å². The molecule has 186 valence electrons. The van der Waals surface area contributed by atoms with Crippen LogP contribution in [0.4, 0.5) is 17.6 Å². The van der Waals surface area contributed by atoms with Gasteiger partial charge in [-0.1, -0.05) is 69.9 Å². The Bertz CT molecular complexity index is 955. The zero-order chi connectivity index (χ0) is 24.5. The first kappa shape index (κ1) is 25.2. The van der Waals surface area contributed by atoms with E-state index in [2.05, 4.69) is 13.8 Å². The van der Waals surface area contributed by atoms with E-state index in [9.17, 15) is 17.6 Å². The van der Waals surface area contributed by atoms with Gasteiger partial charge in [-0.05, 0) is 79.0 Å². The number of benzene rings is 2. The van der Waals surface area contributed by atoms with E-state index < -0.39 is 29.4 Å². The molecule has 2 aliphatic carbocycles. The summed E-state index contributed by atoms with van der Waals surface area (Å²) in [5, 5.41) is 0. The molecule has 0 spiro atoms. The molecule has 2 aliphatic rings. The summed E-state index contributed by atoms with van der Waals surface area (Å²) in [6.07, 6.45) is 3.15. The first-order valence-electron chi connectivity index (χ1n) is 12.8. The largest absolute Gasteiger partial charge is 0.386 e. The molecular formula is C29H36F4O. The van der Waals surface area contributed by atoms with Gasteiger partial charge in [0.2, 0.25) is 0 Å². The Balaban J connectivity index is 1.45. The van der Waals surface area contributed by atoms with Crippen LogP contribution >= 0.6 is 0 Å². The summed E-state index contributed by atoms with van der Waals surface area (Å²) >= 11 is 0. The zero-order valence-electron chi connectivity index (χ0n) is 20.4. The Morgan fingerprint density at radius 1 is 0.735 bits per heavy atom. The number of halogens is 4. The van der Waals surface area contributed by atoms with E-state index >= 15 is 0 Å². The summed E-state index contributed by atoms with van der Waals surface area (Å²) in [5.74, 6) is -0.973. The molecule has 4 rings (SSSR count). The fraction of sp³-hybridized carbons (Fsp3) is 0.586. The minimum atomic E-state index is -3.94. The smallest absolute Gasteiger partial charge is 0.309 e. The second-order valence-corrected chi connectivity index (χ2v) is 10.7. The highest BCUT2D eigenvalue weighted by atomic mass is 19.3. The van der Waals surface area contributed by atoms with E-state index in [4.69, 9.17) is 4.74 Å². The second-order valence-electron chi connectivity index (χ2n) is 10.7. The lowest BCUT2D eigenvalue weighted by Gasteiger charge is -2.28. The van der Waals surface area contributed by atoms with Gasteiger partial charge >= 0.3 is 6.11 Å². The van der Waals surface area contributed by atoms with Crippen molar-refractivity contribution in [3.63, 3.8) is 0 Å². The van der Waals surface area contributed by atoms with Crippen molar-refractivity contribution < 1.29 is 22.3 Å². The van der Waals surface area contributed by atoms with Crippen molar-refractivity contribution in [2.75, 3.05) is 0 Å². The third-order valence-electron chi connectivity index (χ3n) is 8.10. The molecule has 0 N–H and O–H groups in total. The Morgan fingerprint density at radius 3 is 1.82 bits per heavy atom. The SMILES string of the molecule is CC1CCC(c2ccc(C(C)OC(F)(F)c3ccc(C4CCC(C)CC4)c(F)c3F)cc2)CC1. The van der Waals surface area contributed by atoms with Crippen LogP contribution in [0.25, 0.3) is 0 Å². The van der Waals surface area contributed by atoms with Crippen LogP contribution in [0.5, 0.6) is 0 Å². The van der Waals surface area contributed by atoms with Gasteiger partial charge in [0.05, 0.1) is 11.7 Å². The van der Waals surface area contributed by atoms with Gasteiger partial charge in [0, 0.05) is 0 Å². The van der Waals surface area contributed by atoms with Gasteiger partial charge in [0.25, 0.3) is 0 Å². The quantitative estimate of drug-likeness (QED) is 0.377. The van der Waals surface area contributed by atoms with E-state index in [-0.39, 0.29) is 11.5 Å². The molecular weight excluding hydrogens is 440 g/mol. The average Bonchev–Trinajstić information content (AvgIpc) is 2.81. The lowest BCUT2D eigenvalue weighted by molar-refractivity contribution is -0.273. The van der Waals surface area contributed by atoms with Crippen LogP contribution in [-0.4, -0.2) is 0 Å². The molecule has 1 nitrogen and oxygen atoms in total. The average molecular weight is 477 g/mol. The van der Waals surface area contributed by atoms with Crippen molar-refractivity contribution in [3.05, 3.63) is 70.3 Å². The van der Waals surface area contributed by atoms with E-state index in [0.717, 1.165) is 50.5 Å². The molecule has 0 amide bonds. The van der Waals surface area contributed by atoms with Gasteiger partial charge in [0.1, 0.15) is 0 Å². The standard InChI is InChI=1S/C29H36F4O/c1-18-4-8-22(9-5-18)23-14-12-21(13-15-23)20(3)34-29(32,33)26-17-16-25(27(30)28(26)31)24-10-6-19(2)7-11-24/h12-20,22,24H,4-11H2,1-3H3. The number of rotatable bonds is 6. The van der Waals surface area contributed by atoms with Gasteiger partial charge in [-0.2, -0.15) is 8.78 Å². The van der Waals surface area contributed by atoms with Crippen molar-refractivity contribution in [3.8, 4) is 0 Å². The summed E-state index contributed by atoms with van der Waals surface area (Å²) in [7, 11) is 0. The number of hydrogen-bond acceptors (Lipinski definition) is 1. The van der Waals surface area contributed by atoms with Gasteiger partial charge < -0.3 is 4.74 Å². The molecule has 34 heavy (non-hydrogen) atoms. The van der Waals surface area contributed by atoms with E-state index in [1.54, 1.807) is 12.1 Å². The highest BCUT2D eigenvalue weighted by molar-refractivity contribution is 5.32. The highest BCUT2D eigenvalue weighted by Crippen LogP contribution is 2.42. The predicted molar refractivity (Wildman–Crippen MR) is 127 cm³/mol. The zero-order valence-corrected chi connectivity index (χ0v) is 20.4. The second kappa shape index (κ2) is 10.4. The van der Waals surface area contributed by atoms with Crippen LogP contribution in [0, 0.1) is 23.5 Å². The first-order valence-corrected chi connectivity index (χ1v) is 12.8. The van der Waals surface area contributed by atoms with Gasteiger partial charge in [0.15, 0.2) is 11.6 Å². The third kappa shape index (κ3) is 5.50. The number of ether oxygens (including phenoxy) is 1. The molecule has 0 heterocycles. The van der Waals surface area contributed by atoms with E-state index in [1.807, 2.05) is 12.1 Å². The molecule has 2 aromatic rings. The van der Waals surface area contributed by atoms with Crippen LogP contribution < -0.4 is 0 Å². The maximum atomic E-state index is 14.9. The van der Waals surface area contributed by atoms with Crippen LogP contribution in [0.1, 0.15) is 112 Å². The van der Waals surface area contributed by atoms with Crippen LogP contribution in [0.2, 0.25) is 0 Å².